The lowest BCUT2D eigenvalue weighted by Gasteiger charge is -2.26. The molecule has 0 unspecified atom stereocenters. The summed E-state index contributed by atoms with van der Waals surface area (Å²) in [6, 6.07) is 9.82. The number of benzene rings is 1. The second-order valence-corrected chi connectivity index (χ2v) is 4.41. The van der Waals surface area contributed by atoms with Crippen LogP contribution in [-0.2, 0) is 16.0 Å². The quantitative estimate of drug-likeness (QED) is 0.770. The SMILES string of the molecule is CCCC[C@@](N)(Cc1ccccc1)C(=O)OC. The molecule has 0 aromatic heterocycles. The number of carbonyl (C=O) groups excluding carboxylic acids is 1. The van der Waals surface area contributed by atoms with Crippen molar-refractivity contribution in [1.29, 1.82) is 0 Å². The van der Waals surface area contributed by atoms with Gasteiger partial charge in [-0.3, -0.25) is 4.79 Å². The molecule has 0 saturated heterocycles. The summed E-state index contributed by atoms with van der Waals surface area (Å²) in [5.74, 6) is -0.324. The second kappa shape index (κ2) is 6.40. The van der Waals surface area contributed by atoms with E-state index in [1.165, 1.54) is 7.11 Å². The fourth-order valence-electron chi connectivity index (χ4n) is 1.92. The Morgan fingerprint density at radius 1 is 1.35 bits per heavy atom. The number of ether oxygens (including phenoxy) is 1. The summed E-state index contributed by atoms with van der Waals surface area (Å²) in [5, 5.41) is 0. The predicted octanol–water partition coefficient (Wildman–Crippen LogP) is 2.29. The highest BCUT2D eigenvalue weighted by molar-refractivity contribution is 5.80. The highest BCUT2D eigenvalue weighted by Crippen LogP contribution is 2.19. The van der Waals surface area contributed by atoms with Crippen LogP contribution in [0, 0.1) is 0 Å². The van der Waals surface area contributed by atoms with E-state index in [0.717, 1.165) is 18.4 Å². The van der Waals surface area contributed by atoms with Gasteiger partial charge in [0.1, 0.15) is 5.54 Å². The molecule has 1 atom stereocenters. The van der Waals surface area contributed by atoms with Crippen LogP contribution in [0.4, 0.5) is 0 Å². The van der Waals surface area contributed by atoms with Crippen LogP contribution in [0.1, 0.15) is 31.7 Å². The van der Waals surface area contributed by atoms with E-state index < -0.39 is 5.54 Å². The van der Waals surface area contributed by atoms with Gasteiger partial charge in [-0.05, 0) is 12.0 Å². The molecule has 0 spiro atoms. The largest absolute Gasteiger partial charge is 0.468 e. The first-order valence-corrected chi connectivity index (χ1v) is 6.03. The first kappa shape index (κ1) is 13.7. The van der Waals surface area contributed by atoms with E-state index in [0.29, 0.717) is 12.8 Å². The molecule has 3 heteroatoms. The van der Waals surface area contributed by atoms with Crippen LogP contribution in [0.2, 0.25) is 0 Å². The highest BCUT2D eigenvalue weighted by atomic mass is 16.5. The van der Waals surface area contributed by atoms with Crippen molar-refractivity contribution in [3.05, 3.63) is 35.9 Å². The van der Waals surface area contributed by atoms with E-state index in [1.54, 1.807) is 0 Å². The molecule has 0 aliphatic carbocycles. The van der Waals surface area contributed by atoms with Crippen LogP contribution in [0.15, 0.2) is 30.3 Å². The lowest BCUT2D eigenvalue weighted by atomic mass is 9.87. The summed E-state index contributed by atoms with van der Waals surface area (Å²) in [5.41, 5.74) is 6.37. The molecule has 0 saturated carbocycles. The van der Waals surface area contributed by atoms with Gasteiger partial charge in [0.15, 0.2) is 0 Å². The van der Waals surface area contributed by atoms with Crippen LogP contribution in [0.3, 0.4) is 0 Å². The van der Waals surface area contributed by atoms with Gasteiger partial charge in [-0.15, -0.1) is 0 Å². The molecule has 0 heterocycles. The van der Waals surface area contributed by atoms with Gasteiger partial charge in [-0.2, -0.15) is 0 Å². The Morgan fingerprint density at radius 2 is 2.00 bits per heavy atom. The molecule has 0 radical (unpaired) electrons. The zero-order valence-corrected chi connectivity index (χ0v) is 10.6. The van der Waals surface area contributed by atoms with Gasteiger partial charge < -0.3 is 10.5 Å². The summed E-state index contributed by atoms with van der Waals surface area (Å²) in [4.78, 5) is 11.8. The third-order valence-electron chi connectivity index (χ3n) is 2.93. The molecule has 0 amide bonds. The van der Waals surface area contributed by atoms with Gasteiger partial charge >= 0.3 is 5.97 Å². The summed E-state index contributed by atoms with van der Waals surface area (Å²) in [6.07, 6.45) is 3.13. The van der Waals surface area contributed by atoms with Crippen LogP contribution in [0.25, 0.3) is 0 Å². The normalized spacial score (nSPS) is 14.1. The highest BCUT2D eigenvalue weighted by Gasteiger charge is 2.34. The Morgan fingerprint density at radius 3 is 2.53 bits per heavy atom. The van der Waals surface area contributed by atoms with Crippen LogP contribution >= 0.6 is 0 Å². The monoisotopic (exact) mass is 235 g/mol. The lowest BCUT2D eigenvalue weighted by Crippen LogP contribution is -2.50. The molecule has 1 aromatic carbocycles. The molecule has 17 heavy (non-hydrogen) atoms. The van der Waals surface area contributed by atoms with Crippen LogP contribution in [-0.4, -0.2) is 18.6 Å². The molecule has 0 fully saturated rings. The van der Waals surface area contributed by atoms with Crippen LogP contribution < -0.4 is 5.73 Å². The smallest absolute Gasteiger partial charge is 0.326 e. The van der Waals surface area contributed by atoms with Crippen molar-refractivity contribution in [3.8, 4) is 0 Å². The van der Waals surface area contributed by atoms with Gasteiger partial charge in [0.2, 0.25) is 0 Å². The average molecular weight is 235 g/mol. The van der Waals surface area contributed by atoms with Gasteiger partial charge in [0.05, 0.1) is 7.11 Å². The maximum atomic E-state index is 11.8. The number of esters is 1. The first-order valence-electron chi connectivity index (χ1n) is 6.03. The van der Waals surface area contributed by atoms with Crippen molar-refractivity contribution in [2.24, 2.45) is 5.73 Å². The summed E-state index contributed by atoms with van der Waals surface area (Å²) >= 11 is 0. The van der Waals surface area contributed by atoms with Gasteiger partial charge in [-0.1, -0.05) is 50.1 Å². The Kier molecular flexibility index (Phi) is 5.16. The minimum absolute atomic E-state index is 0.324. The van der Waals surface area contributed by atoms with Crippen molar-refractivity contribution in [2.75, 3.05) is 7.11 Å². The molecule has 0 aliphatic rings. The number of rotatable bonds is 6. The number of unbranched alkanes of at least 4 members (excludes halogenated alkanes) is 1. The third-order valence-corrected chi connectivity index (χ3v) is 2.93. The molecule has 2 N–H and O–H groups in total. The number of methoxy groups -OCH3 is 1. The summed E-state index contributed by atoms with van der Waals surface area (Å²) < 4.78 is 4.82. The maximum Gasteiger partial charge on any atom is 0.326 e. The Balaban J connectivity index is 2.80. The second-order valence-electron chi connectivity index (χ2n) is 4.41. The number of hydrogen-bond donors (Lipinski definition) is 1. The number of carbonyl (C=O) groups is 1. The lowest BCUT2D eigenvalue weighted by molar-refractivity contribution is -0.147. The fraction of sp³-hybridized carbons (Fsp3) is 0.500. The van der Waals surface area contributed by atoms with E-state index in [-0.39, 0.29) is 5.97 Å². The third kappa shape index (κ3) is 3.86. The summed E-state index contributed by atoms with van der Waals surface area (Å²) in [6.45, 7) is 2.08. The maximum absolute atomic E-state index is 11.8. The standard InChI is InChI=1S/C14H21NO2/c1-3-4-10-14(15,13(16)17-2)11-12-8-6-5-7-9-12/h5-9H,3-4,10-11,15H2,1-2H3/t14-/m1/s1. The zero-order chi connectivity index (χ0) is 12.7. The minimum Gasteiger partial charge on any atom is -0.468 e. The van der Waals surface area contributed by atoms with E-state index >= 15 is 0 Å². The molecule has 0 bridgehead atoms. The predicted molar refractivity (Wildman–Crippen MR) is 68.6 cm³/mol. The molecule has 3 nitrogen and oxygen atoms in total. The summed E-state index contributed by atoms with van der Waals surface area (Å²) in [7, 11) is 1.39. The van der Waals surface area contributed by atoms with Gasteiger partial charge in [0, 0.05) is 6.42 Å². The van der Waals surface area contributed by atoms with Crippen molar-refractivity contribution >= 4 is 5.97 Å². The minimum atomic E-state index is -0.897. The Bertz CT molecular complexity index is 350. The van der Waals surface area contributed by atoms with E-state index in [2.05, 4.69) is 6.92 Å². The van der Waals surface area contributed by atoms with Crippen molar-refractivity contribution in [1.82, 2.24) is 0 Å². The molecular formula is C14H21NO2. The van der Waals surface area contributed by atoms with Gasteiger partial charge in [-0.25, -0.2) is 0 Å². The molecule has 94 valence electrons. The molecule has 1 aromatic rings. The molecular weight excluding hydrogens is 214 g/mol. The van der Waals surface area contributed by atoms with E-state index in [9.17, 15) is 4.79 Å². The number of hydrogen-bond acceptors (Lipinski definition) is 3. The Labute approximate surface area is 103 Å². The van der Waals surface area contributed by atoms with Crippen molar-refractivity contribution < 1.29 is 9.53 Å². The number of nitrogens with two attached hydrogens (primary N) is 1. The zero-order valence-electron chi connectivity index (χ0n) is 10.6. The average Bonchev–Trinajstić information content (AvgIpc) is 2.36. The fourth-order valence-corrected chi connectivity index (χ4v) is 1.92. The molecule has 1 rings (SSSR count). The van der Waals surface area contributed by atoms with E-state index in [1.807, 2.05) is 30.3 Å². The van der Waals surface area contributed by atoms with Gasteiger partial charge in [0.25, 0.3) is 0 Å². The van der Waals surface area contributed by atoms with Crippen molar-refractivity contribution in [3.63, 3.8) is 0 Å². The van der Waals surface area contributed by atoms with Crippen molar-refractivity contribution in [2.45, 2.75) is 38.1 Å². The molecule has 0 aliphatic heterocycles. The van der Waals surface area contributed by atoms with Crippen LogP contribution in [0.5, 0.6) is 0 Å². The topological polar surface area (TPSA) is 52.3 Å². The Hall–Kier alpha value is -1.35. The first-order chi connectivity index (χ1) is 8.12. The van der Waals surface area contributed by atoms with E-state index in [4.69, 9.17) is 10.5 Å².